The van der Waals surface area contributed by atoms with Crippen molar-refractivity contribution >= 4 is 5.96 Å². The number of aliphatic imine (C=N–C) groups is 1. The Hall–Kier alpha value is -1.89. The monoisotopic (exact) mass is 318 g/mol. The fourth-order valence-electron chi connectivity index (χ4n) is 3.18. The topological polar surface area (TPSA) is 69.8 Å². The molecular formula is C16H26N6O. The third kappa shape index (κ3) is 3.90. The Labute approximate surface area is 137 Å². The first-order chi connectivity index (χ1) is 11.3. The van der Waals surface area contributed by atoms with E-state index in [0.29, 0.717) is 11.9 Å². The van der Waals surface area contributed by atoms with Crippen molar-refractivity contribution in [3.05, 3.63) is 23.9 Å². The highest BCUT2D eigenvalue weighted by Gasteiger charge is 2.29. The van der Waals surface area contributed by atoms with E-state index in [1.54, 1.807) is 0 Å². The van der Waals surface area contributed by atoms with Crippen LogP contribution in [0.5, 0.6) is 0 Å². The fourth-order valence-corrected chi connectivity index (χ4v) is 3.18. The van der Waals surface area contributed by atoms with Gasteiger partial charge in [0.2, 0.25) is 5.89 Å². The molecule has 7 nitrogen and oxygen atoms in total. The van der Waals surface area contributed by atoms with Gasteiger partial charge in [0, 0.05) is 58.7 Å². The maximum Gasteiger partial charge on any atom is 0.226 e. The lowest BCUT2D eigenvalue weighted by Gasteiger charge is -2.25. The summed E-state index contributed by atoms with van der Waals surface area (Å²) in [6.45, 7) is 7.05. The molecule has 0 aromatic carbocycles. The summed E-state index contributed by atoms with van der Waals surface area (Å²) in [6, 6.07) is 0.632. The van der Waals surface area contributed by atoms with Crippen LogP contribution >= 0.6 is 0 Å². The van der Waals surface area contributed by atoms with Gasteiger partial charge in [-0.15, -0.1) is 0 Å². The second kappa shape index (κ2) is 7.59. The van der Waals surface area contributed by atoms with Crippen molar-refractivity contribution in [2.24, 2.45) is 4.99 Å². The predicted molar refractivity (Wildman–Crippen MR) is 89.4 cm³/mol. The van der Waals surface area contributed by atoms with Crippen LogP contribution in [0.1, 0.15) is 25.1 Å². The molecule has 0 radical (unpaired) electrons. The summed E-state index contributed by atoms with van der Waals surface area (Å²) in [4.78, 5) is 13.6. The van der Waals surface area contributed by atoms with Crippen molar-refractivity contribution in [1.29, 1.82) is 0 Å². The second-order valence-electron chi connectivity index (χ2n) is 6.00. The summed E-state index contributed by atoms with van der Waals surface area (Å²) in [6.07, 6.45) is 7.24. The molecule has 126 valence electrons. The van der Waals surface area contributed by atoms with E-state index < -0.39 is 0 Å². The molecule has 1 N–H and O–H groups in total. The average molecular weight is 318 g/mol. The minimum Gasteiger partial charge on any atom is -0.356 e. The summed E-state index contributed by atoms with van der Waals surface area (Å²) in [5.41, 5.74) is 0. The Morgan fingerprint density at radius 3 is 2.96 bits per heavy atom. The molecule has 2 aliphatic rings. The molecule has 7 heteroatoms. The van der Waals surface area contributed by atoms with Gasteiger partial charge in [0.25, 0.3) is 0 Å². The Kier molecular flexibility index (Phi) is 5.27. The van der Waals surface area contributed by atoms with Gasteiger partial charge in [-0.3, -0.25) is 9.89 Å². The van der Waals surface area contributed by atoms with Crippen LogP contribution in [0.3, 0.4) is 0 Å². The Bertz CT molecular complexity index is 559. The van der Waals surface area contributed by atoms with E-state index in [1.165, 1.54) is 6.42 Å². The van der Waals surface area contributed by atoms with Gasteiger partial charge in [0.15, 0.2) is 11.8 Å². The van der Waals surface area contributed by atoms with Crippen LogP contribution in [-0.2, 0) is 12.8 Å². The first kappa shape index (κ1) is 16.0. The standard InChI is InChI=1S/C16H26N6O/c1-3-15-19-14(20-23-15)6-8-18-16(17-2)22-11-7-13(12-22)21-9-4-5-10-21/h4-5,13H,3,6-12H2,1-2H3,(H,17,18). The summed E-state index contributed by atoms with van der Waals surface area (Å²) in [5.74, 6) is 2.43. The molecule has 0 amide bonds. The number of guanidine groups is 1. The normalized spacial score (nSPS) is 22.3. The largest absolute Gasteiger partial charge is 0.356 e. The summed E-state index contributed by atoms with van der Waals surface area (Å²) >= 11 is 0. The zero-order valence-electron chi connectivity index (χ0n) is 14.0. The smallest absolute Gasteiger partial charge is 0.226 e. The van der Waals surface area contributed by atoms with Gasteiger partial charge in [0.05, 0.1) is 0 Å². The van der Waals surface area contributed by atoms with Gasteiger partial charge in [0.1, 0.15) is 0 Å². The number of hydrogen-bond acceptors (Lipinski definition) is 5. The molecule has 0 saturated carbocycles. The fraction of sp³-hybridized carbons (Fsp3) is 0.688. The lowest BCUT2D eigenvalue weighted by Crippen LogP contribution is -2.43. The lowest BCUT2D eigenvalue weighted by molar-refractivity contribution is 0.259. The lowest BCUT2D eigenvalue weighted by atomic mass is 10.2. The summed E-state index contributed by atoms with van der Waals surface area (Å²) in [5, 5.41) is 7.40. The number of rotatable bonds is 5. The molecular weight excluding hydrogens is 292 g/mol. The van der Waals surface area contributed by atoms with Gasteiger partial charge < -0.3 is 14.7 Å². The third-order valence-corrected chi connectivity index (χ3v) is 4.48. The zero-order chi connectivity index (χ0) is 16.1. The number of aromatic nitrogens is 2. The third-order valence-electron chi connectivity index (χ3n) is 4.48. The van der Waals surface area contributed by atoms with Crippen LogP contribution in [0.4, 0.5) is 0 Å². The van der Waals surface area contributed by atoms with E-state index >= 15 is 0 Å². The van der Waals surface area contributed by atoms with Crippen LogP contribution in [0, 0.1) is 0 Å². The number of nitrogens with zero attached hydrogens (tertiary/aromatic N) is 5. The van der Waals surface area contributed by atoms with Crippen LogP contribution in [0.2, 0.25) is 0 Å². The molecule has 3 heterocycles. The molecule has 3 rings (SSSR count). The maximum absolute atomic E-state index is 5.13. The van der Waals surface area contributed by atoms with Gasteiger partial charge in [-0.25, -0.2) is 0 Å². The zero-order valence-corrected chi connectivity index (χ0v) is 14.0. The van der Waals surface area contributed by atoms with Gasteiger partial charge in [-0.2, -0.15) is 4.98 Å². The van der Waals surface area contributed by atoms with Crippen molar-refractivity contribution in [3.8, 4) is 0 Å². The Balaban J connectivity index is 1.44. The van der Waals surface area contributed by atoms with Crippen molar-refractivity contribution in [2.75, 3.05) is 39.8 Å². The van der Waals surface area contributed by atoms with Gasteiger partial charge in [-0.05, 0) is 6.42 Å². The average Bonchev–Trinajstić information content (AvgIpc) is 3.32. The number of likely N-dealkylation sites (tertiary alicyclic amines) is 1. The highest BCUT2D eigenvalue weighted by molar-refractivity contribution is 5.80. The van der Waals surface area contributed by atoms with E-state index in [1.807, 2.05) is 14.0 Å². The number of aryl methyl sites for hydroxylation is 1. The van der Waals surface area contributed by atoms with E-state index in [4.69, 9.17) is 4.52 Å². The molecule has 0 spiro atoms. The second-order valence-corrected chi connectivity index (χ2v) is 6.00. The van der Waals surface area contributed by atoms with Crippen molar-refractivity contribution in [1.82, 2.24) is 25.3 Å². The van der Waals surface area contributed by atoms with Crippen molar-refractivity contribution in [2.45, 2.75) is 32.2 Å². The quantitative estimate of drug-likeness (QED) is 0.489. The molecule has 1 atom stereocenters. The van der Waals surface area contributed by atoms with Crippen LogP contribution in [-0.4, -0.2) is 71.7 Å². The first-order valence-electron chi connectivity index (χ1n) is 8.46. The van der Waals surface area contributed by atoms with E-state index in [2.05, 4.69) is 42.4 Å². The molecule has 1 unspecified atom stereocenters. The SMILES string of the molecule is CCc1nc(CCNC(=NC)N2CCC(N3CC=CC3)C2)no1. The van der Waals surface area contributed by atoms with E-state index in [-0.39, 0.29) is 0 Å². The molecule has 0 bridgehead atoms. The van der Waals surface area contributed by atoms with E-state index in [9.17, 15) is 0 Å². The van der Waals surface area contributed by atoms with E-state index in [0.717, 1.165) is 57.3 Å². The molecule has 1 aromatic rings. The van der Waals surface area contributed by atoms with Gasteiger partial charge >= 0.3 is 0 Å². The summed E-state index contributed by atoms with van der Waals surface area (Å²) < 4.78 is 5.13. The molecule has 23 heavy (non-hydrogen) atoms. The minimum absolute atomic E-state index is 0.632. The molecule has 1 aromatic heterocycles. The molecule has 1 fully saturated rings. The van der Waals surface area contributed by atoms with Crippen LogP contribution in [0.25, 0.3) is 0 Å². The highest BCUT2D eigenvalue weighted by Crippen LogP contribution is 2.17. The molecule has 0 aliphatic carbocycles. The van der Waals surface area contributed by atoms with Gasteiger partial charge in [-0.1, -0.05) is 24.2 Å². The molecule has 2 aliphatic heterocycles. The first-order valence-corrected chi connectivity index (χ1v) is 8.46. The number of hydrogen-bond donors (Lipinski definition) is 1. The minimum atomic E-state index is 0.632. The van der Waals surface area contributed by atoms with Crippen molar-refractivity contribution < 1.29 is 4.52 Å². The predicted octanol–water partition coefficient (Wildman–Crippen LogP) is 0.696. The maximum atomic E-state index is 5.13. The highest BCUT2D eigenvalue weighted by atomic mass is 16.5. The Morgan fingerprint density at radius 1 is 1.43 bits per heavy atom. The molecule has 1 saturated heterocycles. The van der Waals surface area contributed by atoms with Crippen LogP contribution < -0.4 is 5.32 Å². The summed E-state index contributed by atoms with van der Waals surface area (Å²) in [7, 11) is 1.84. The number of nitrogens with one attached hydrogen (secondary N) is 1. The Morgan fingerprint density at radius 2 is 2.26 bits per heavy atom. The van der Waals surface area contributed by atoms with Crippen LogP contribution in [0.15, 0.2) is 21.7 Å². The van der Waals surface area contributed by atoms with Crippen molar-refractivity contribution in [3.63, 3.8) is 0 Å².